The second-order valence-corrected chi connectivity index (χ2v) is 9.65. The second kappa shape index (κ2) is 11.5. The Morgan fingerprint density at radius 1 is 0.919 bits per heavy atom. The molecule has 4 nitrogen and oxygen atoms in total. The Balaban J connectivity index is 1.61. The summed E-state index contributed by atoms with van der Waals surface area (Å²) in [6.07, 6.45) is -4.44. The van der Waals surface area contributed by atoms with Crippen molar-refractivity contribution in [3.8, 4) is 0 Å². The van der Waals surface area contributed by atoms with Crippen LogP contribution >= 0.6 is 0 Å². The van der Waals surface area contributed by atoms with Crippen LogP contribution in [0.15, 0.2) is 84.9 Å². The van der Waals surface area contributed by atoms with Gasteiger partial charge in [-0.05, 0) is 37.4 Å². The molecule has 3 aromatic rings. The van der Waals surface area contributed by atoms with Crippen LogP contribution in [0.25, 0.3) is 0 Å². The van der Waals surface area contributed by atoms with E-state index >= 15 is 0 Å². The zero-order valence-electron chi connectivity index (χ0n) is 21.1. The molecule has 1 fully saturated rings. The Morgan fingerprint density at radius 3 is 2.14 bits per heavy atom. The third kappa shape index (κ3) is 6.05. The molecule has 0 N–H and O–H groups in total. The molecule has 0 spiro atoms. The van der Waals surface area contributed by atoms with Crippen molar-refractivity contribution in [2.75, 3.05) is 20.2 Å². The maximum Gasteiger partial charge on any atom is 0.432 e. The molecule has 1 aliphatic rings. The predicted molar refractivity (Wildman–Crippen MR) is 136 cm³/mol. The van der Waals surface area contributed by atoms with Gasteiger partial charge in [-0.15, -0.1) is 0 Å². The lowest BCUT2D eigenvalue weighted by Gasteiger charge is -2.40. The van der Waals surface area contributed by atoms with E-state index in [2.05, 4.69) is 4.90 Å². The van der Waals surface area contributed by atoms with Gasteiger partial charge in [0.25, 0.3) is 5.60 Å². The summed E-state index contributed by atoms with van der Waals surface area (Å²) in [4.78, 5) is 15.6. The number of carbonyl (C=O) groups is 1. The minimum atomic E-state index is -5.01. The van der Waals surface area contributed by atoms with Crippen molar-refractivity contribution in [1.82, 2.24) is 4.90 Å². The SMILES string of the molecule is CO[C@@](C(=O)O[C@H]1CN(Cc2ccccc2)CC[C@H]1Cc1ccc(C)cc1)(c1ccccc1)C(F)(F)F. The van der Waals surface area contributed by atoms with E-state index in [1.54, 1.807) is 6.07 Å². The number of aryl methyl sites for hydroxylation is 1. The highest BCUT2D eigenvalue weighted by atomic mass is 19.4. The summed E-state index contributed by atoms with van der Waals surface area (Å²) in [5, 5.41) is 0. The summed E-state index contributed by atoms with van der Waals surface area (Å²) >= 11 is 0. The maximum atomic E-state index is 14.5. The lowest BCUT2D eigenvalue weighted by molar-refractivity contribution is -0.279. The second-order valence-electron chi connectivity index (χ2n) is 9.65. The summed E-state index contributed by atoms with van der Waals surface area (Å²) in [7, 11) is 0.897. The van der Waals surface area contributed by atoms with E-state index < -0.39 is 23.9 Å². The van der Waals surface area contributed by atoms with E-state index in [-0.39, 0.29) is 11.5 Å². The van der Waals surface area contributed by atoms with E-state index in [0.29, 0.717) is 25.9 Å². The van der Waals surface area contributed by atoms with Gasteiger partial charge in [-0.25, -0.2) is 4.79 Å². The predicted octanol–water partition coefficient (Wildman–Crippen LogP) is 6.08. The van der Waals surface area contributed by atoms with Crippen molar-refractivity contribution < 1.29 is 27.4 Å². The number of ether oxygens (including phenoxy) is 2. The third-order valence-electron chi connectivity index (χ3n) is 7.08. The summed E-state index contributed by atoms with van der Waals surface area (Å²) in [6.45, 7) is 3.72. The van der Waals surface area contributed by atoms with Crippen LogP contribution in [0, 0.1) is 12.8 Å². The van der Waals surface area contributed by atoms with Crippen LogP contribution in [0.3, 0.4) is 0 Å². The molecular formula is C30H32F3NO3. The van der Waals surface area contributed by atoms with Crippen LogP contribution in [0.5, 0.6) is 0 Å². The van der Waals surface area contributed by atoms with Crippen molar-refractivity contribution in [2.45, 2.75) is 44.2 Å². The first-order chi connectivity index (χ1) is 17.7. The number of hydrogen-bond acceptors (Lipinski definition) is 4. The zero-order chi connectivity index (χ0) is 26.5. The largest absolute Gasteiger partial charge is 0.458 e. The van der Waals surface area contributed by atoms with Crippen molar-refractivity contribution in [2.24, 2.45) is 5.92 Å². The molecular weight excluding hydrogens is 479 g/mol. The molecule has 1 heterocycles. The maximum absolute atomic E-state index is 14.5. The Bertz CT molecular complexity index is 1150. The molecule has 3 atom stereocenters. The highest BCUT2D eigenvalue weighted by Crippen LogP contribution is 2.43. The zero-order valence-corrected chi connectivity index (χ0v) is 21.1. The molecule has 0 amide bonds. The van der Waals surface area contributed by atoms with Gasteiger partial charge in [-0.1, -0.05) is 90.5 Å². The summed E-state index contributed by atoms with van der Waals surface area (Å²) in [5.41, 5.74) is -0.227. The lowest BCUT2D eigenvalue weighted by atomic mass is 9.86. The Kier molecular flexibility index (Phi) is 8.35. The van der Waals surface area contributed by atoms with Gasteiger partial charge in [0, 0.05) is 31.7 Å². The number of rotatable bonds is 8. The molecule has 0 aromatic heterocycles. The third-order valence-corrected chi connectivity index (χ3v) is 7.08. The first-order valence-corrected chi connectivity index (χ1v) is 12.4. The number of esters is 1. The van der Waals surface area contributed by atoms with Crippen molar-refractivity contribution in [1.29, 1.82) is 0 Å². The number of halogens is 3. The minimum Gasteiger partial charge on any atom is -0.458 e. The molecule has 1 aliphatic heterocycles. The van der Waals surface area contributed by atoms with Gasteiger partial charge in [0.2, 0.25) is 0 Å². The molecule has 7 heteroatoms. The number of piperidine rings is 1. The van der Waals surface area contributed by atoms with Gasteiger partial charge >= 0.3 is 12.1 Å². The Hall–Kier alpha value is -3.16. The molecule has 1 saturated heterocycles. The summed E-state index contributed by atoms with van der Waals surface area (Å²) < 4.78 is 54.2. The fourth-order valence-corrected chi connectivity index (χ4v) is 5.02. The van der Waals surface area contributed by atoms with E-state index in [1.165, 1.54) is 24.3 Å². The first kappa shape index (κ1) is 26.9. The summed E-state index contributed by atoms with van der Waals surface area (Å²) in [5.74, 6) is -1.56. The number of alkyl halides is 3. The van der Waals surface area contributed by atoms with Gasteiger partial charge in [-0.2, -0.15) is 13.2 Å². The fraction of sp³-hybridized carbons (Fsp3) is 0.367. The smallest absolute Gasteiger partial charge is 0.432 e. The standard InChI is InChI=1S/C30H32F3NO3/c1-22-13-15-23(16-14-22)19-25-17-18-34(20-24-9-5-3-6-10-24)21-27(25)37-28(35)29(36-2,30(31,32)33)26-11-7-4-8-12-26/h3-16,25,27H,17-21H2,1-2H3/t25-,27-,29+/m0/s1. The quantitative estimate of drug-likeness (QED) is 0.344. The van der Waals surface area contributed by atoms with Crippen LogP contribution in [0.1, 0.15) is 28.7 Å². The van der Waals surface area contributed by atoms with Gasteiger partial charge < -0.3 is 9.47 Å². The number of methoxy groups -OCH3 is 1. The van der Waals surface area contributed by atoms with Crippen LogP contribution in [0.4, 0.5) is 13.2 Å². The van der Waals surface area contributed by atoms with Crippen molar-refractivity contribution >= 4 is 5.97 Å². The van der Waals surface area contributed by atoms with Crippen molar-refractivity contribution in [3.63, 3.8) is 0 Å². The van der Waals surface area contributed by atoms with Gasteiger partial charge in [0.05, 0.1) is 0 Å². The van der Waals surface area contributed by atoms with E-state index in [4.69, 9.17) is 9.47 Å². The monoisotopic (exact) mass is 511 g/mol. The average molecular weight is 512 g/mol. The number of carbonyl (C=O) groups excluding carboxylic acids is 1. The van der Waals surface area contributed by atoms with E-state index in [9.17, 15) is 18.0 Å². The molecule has 4 rings (SSSR count). The molecule has 37 heavy (non-hydrogen) atoms. The van der Waals surface area contributed by atoms with Crippen LogP contribution in [-0.4, -0.2) is 43.3 Å². The number of hydrogen-bond donors (Lipinski definition) is 0. The fourth-order valence-electron chi connectivity index (χ4n) is 5.02. The summed E-state index contributed by atoms with van der Waals surface area (Å²) in [6, 6.07) is 24.9. The molecule has 0 aliphatic carbocycles. The Labute approximate surface area is 216 Å². The first-order valence-electron chi connectivity index (χ1n) is 12.4. The highest BCUT2D eigenvalue weighted by Gasteiger charge is 2.64. The van der Waals surface area contributed by atoms with Crippen LogP contribution in [0.2, 0.25) is 0 Å². The molecule has 0 saturated carbocycles. The number of nitrogens with zero attached hydrogens (tertiary/aromatic N) is 1. The van der Waals surface area contributed by atoms with Crippen molar-refractivity contribution in [3.05, 3.63) is 107 Å². The number of likely N-dealkylation sites (tertiary alicyclic amines) is 1. The molecule has 0 unspecified atom stereocenters. The Morgan fingerprint density at radius 2 is 1.54 bits per heavy atom. The van der Waals surface area contributed by atoms with E-state index in [0.717, 1.165) is 30.3 Å². The van der Waals surface area contributed by atoms with Gasteiger partial charge in [0.1, 0.15) is 6.10 Å². The number of benzene rings is 3. The van der Waals surface area contributed by atoms with Crippen LogP contribution in [-0.2, 0) is 32.8 Å². The van der Waals surface area contributed by atoms with E-state index in [1.807, 2.05) is 61.5 Å². The lowest BCUT2D eigenvalue weighted by Crippen LogP contribution is -2.55. The molecule has 0 bridgehead atoms. The topological polar surface area (TPSA) is 38.8 Å². The minimum absolute atomic E-state index is 0.128. The van der Waals surface area contributed by atoms with Crippen LogP contribution < -0.4 is 0 Å². The molecule has 196 valence electrons. The highest BCUT2D eigenvalue weighted by molar-refractivity contribution is 5.83. The molecule has 0 radical (unpaired) electrons. The normalized spacial score (nSPS) is 20.2. The molecule has 3 aromatic carbocycles. The van der Waals surface area contributed by atoms with Gasteiger partial charge in [-0.3, -0.25) is 4.90 Å². The average Bonchev–Trinajstić information content (AvgIpc) is 2.88. The van der Waals surface area contributed by atoms with Gasteiger partial charge in [0.15, 0.2) is 0 Å².